The van der Waals surface area contributed by atoms with Gasteiger partial charge in [0.05, 0.1) is 4.92 Å². The molecular formula is C12H15NO5. The number of hydrogen-bond acceptors (Lipinski definition) is 4. The van der Waals surface area contributed by atoms with Crippen molar-refractivity contribution in [1.82, 2.24) is 0 Å². The molecule has 18 heavy (non-hydrogen) atoms. The zero-order chi connectivity index (χ0) is 13.7. The van der Waals surface area contributed by atoms with E-state index in [2.05, 4.69) is 0 Å². The van der Waals surface area contributed by atoms with Gasteiger partial charge in [-0.1, -0.05) is 25.5 Å². The van der Waals surface area contributed by atoms with E-state index in [1.807, 2.05) is 6.92 Å². The number of nitro groups is 1. The number of nitro benzene ring substituents is 1. The number of rotatable bonds is 6. The van der Waals surface area contributed by atoms with Gasteiger partial charge in [-0.05, 0) is 18.9 Å². The first kappa shape index (κ1) is 14.0. The number of aryl methyl sites for hydroxylation is 1. The van der Waals surface area contributed by atoms with Gasteiger partial charge < -0.3 is 9.84 Å². The molecule has 1 atom stereocenters. The lowest BCUT2D eigenvalue weighted by Gasteiger charge is -2.15. The molecule has 6 heteroatoms. The van der Waals surface area contributed by atoms with Crippen LogP contribution in [-0.2, 0) is 4.79 Å². The molecule has 98 valence electrons. The van der Waals surface area contributed by atoms with Crippen LogP contribution in [0.2, 0.25) is 0 Å². The van der Waals surface area contributed by atoms with Gasteiger partial charge in [0.1, 0.15) is 0 Å². The first-order valence-corrected chi connectivity index (χ1v) is 5.60. The first-order chi connectivity index (χ1) is 8.47. The van der Waals surface area contributed by atoms with E-state index in [4.69, 9.17) is 9.84 Å². The molecule has 0 heterocycles. The van der Waals surface area contributed by atoms with Crippen molar-refractivity contribution in [2.24, 2.45) is 0 Å². The summed E-state index contributed by atoms with van der Waals surface area (Å²) < 4.78 is 5.30. The largest absolute Gasteiger partial charge is 0.479 e. The molecule has 0 fully saturated rings. The number of carboxylic acids is 1. The van der Waals surface area contributed by atoms with Crippen LogP contribution in [0.4, 0.5) is 5.69 Å². The summed E-state index contributed by atoms with van der Waals surface area (Å²) in [6.45, 7) is 3.47. The number of hydrogen-bond donors (Lipinski definition) is 1. The Balaban J connectivity index is 3.08. The van der Waals surface area contributed by atoms with Crippen LogP contribution in [0.25, 0.3) is 0 Å². The number of carbonyl (C=O) groups is 1. The highest BCUT2D eigenvalue weighted by molar-refractivity contribution is 5.73. The van der Waals surface area contributed by atoms with Gasteiger partial charge in [0.2, 0.25) is 5.75 Å². The highest BCUT2D eigenvalue weighted by Gasteiger charge is 2.24. The van der Waals surface area contributed by atoms with Gasteiger partial charge in [0.15, 0.2) is 6.10 Å². The third kappa shape index (κ3) is 3.19. The molecule has 1 rings (SSSR count). The normalized spacial score (nSPS) is 11.9. The summed E-state index contributed by atoms with van der Waals surface area (Å²) in [7, 11) is 0. The van der Waals surface area contributed by atoms with E-state index in [0.29, 0.717) is 18.4 Å². The van der Waals surface area contributed by atoms with Gasteiger partial charge in [-0.15, -0.1) is 0 Å². The fourth-order valence-corrected chi connectivity index (χ4v) is 1.57. The molecule has 1 unspecified atom stereocenters. The fourth-order valence-electron chi connectivity index (χ4n) is 1.57. The van der Waals surface area contributed by atoms with Gasteiger partial charge in [-0.3, -0.25) is 10.1 Å². The van der Waals surface area contributed by atoms with Crippen molar-refractivity contribution in [3.8, 4) is 5.75 Å². The average molecular weight is 253 g/mol. The van der Waals surface area contributed by atoms with E-state index in [-0.39, 0.29) is 11.4 Å². The molecule has 0 aliphatic heterocycles. The van der Waals surface area contributed by atoms with Crippen LogP contribution in [-0.4, -0.2) is 22.1 Å². The molecule has 1 aromatic carbocycles. The SMILES string of the molecule is CCCC(Oc1c(C)cccc1[N+](=O)[O-])C(=O)O. The Kier molecular flexibility index (Phi) is 4.65. The quantitative estimate of drug-likeness (QED) is 0.621. The summed E-state index contributed by atoms with van der Waals surface area (Å²) >= 11 is 0. The maximum atomic E-state index is 11.0. The number of benzene rings is 1. The van der Waals surface area contributed by atoms with E-state index >= 15 is 0 Å². The summed E-state index contributed by atoms with van der Waals surface area (Å²) in [6, 6.07) is 4.48. The Labute approximate surface area is 104 Å². The smallest absolute Gasteiger partial charge is 0.344 e. The zero-order valence-corrected chi connectivity index (χ0v) is 10.3. The molecule has 1 N–H and O–H groups in total. The van der Waals surface area contributed by atoms with E-state index in [0.717, 1.165) is 0 Å². The predicted octanol–water partition coefficient (Wildman–Crippen LogP) is 2.54. The Hall–Kier alpha value is -2.11. The van der Waals surface area contributed by atoms with Crippen LogP contribution >= 0.6 is 0 Å². The minimum Gasteiger partial charge on any atom is -0.479 e. The van der Waals surface area contributed by atoms with Crippen molar-refractivity contribution in [1.29, 1.82) is 0 Å². The molecule has 0 aliphatic rings. The van der Waals surface area contributed by atoms with Gasteiger partial charge in [-0.25, -0.2) is 4.79 Å². The van der Waals surface area contributed by atoms with E-state index < -0.39 is 17.0 Å². The minimum atomic E-state index is -1.12. The number of nitrogens with zero attached hydrogens (tertiary/aromatic N) is 1. The standard InChI is InChI=1S/C12H15NO5/c1-3-5-10(12(14)15)18-11-8(2)6-4-7-9(11)13(16)17/h4,6-7,10H,3,5H2,1-2H3,(H,14,15). The van der Waals surface area contributed by atoms with Crippen LogP contribution in [0.3, 0.4) is 0 Å². The second kappa shape index (κ2) is 6.00. The molecule has 0 saturated carbocycles. The van der Waals surface area contributed by atoms with E-state index in [1.54, 1.807) is 13.0 Å². The van der Waals surface area contributed by atoms with Crippen molar-refractivity contribution in [3.63, 3.8) is 0 Å². The summed E-state index contributed by atoms with van der Waals surface area (Å²) in [6.07, 6.45) is -0.132. The Bertz CT molecular complexity index is 458. The van der Waals surface area contributed by atoms with Gasteiger partial charge in [0, 0.05) is 6.07 Å². The van der Waals surface area contributed by atoms with Crippen molar-refractivity contribution in [2.45, 2.75) is 32.8 Å². The van der Waals surface area contributed by atoms with Crippen LogP contribution < -0.4 is 4.74 Å². The van der Waals surface area contributed by atoms with Crippen molar-refractivity contribution in [2.75, 3.05) is 0 Å². The number of aliphatic carboxylic acids is 1. The number of para-hydroxylation sites is 1. The molecule has 0 amide bonds. The van der Waals surface area contributed by atoms with Crippen molar-refractivity contribution < 1.29 is 19.6 Å². The Morgan fingerprint density at radius 2 is 2.22 bits per heavy atom. The van der Waals surface area contributed by atoms with Gasteiger partial charge in [0.25, 0.3) is 0 Å². The topological polar surface area (TPSA) is 89.7 Å². The predicted molar refractivity (Wildman–Crippen MR) is 64.8 cm³/mol. The molecular weight excluding hydrogens is 238 g/mol. The summed E-state index contributed by atoms with van der Waals surface area (Å²) in [5.74, 6) is -1.09. The summed E-state index contributed by atoms with van der Waals surface area (Å²) in [4.78, 5) is 21.3. The van der Waals surface area contributed by atoms with Crippen LogP contribution in [0.1, 0.15) is 25.3 Å². The maximum absolute atomic E-state index is 11.0. The molecule has 0 aromatic heterocycles. The Morgan fingerprint density at radius 3 is 2.72 bits per heavy atom. The van der Waals surface area contributed by atoms with Crippen LogP contribution in [0.5, 0.6) is 5.75 Å². The third-order valence-electron chi connectivity index (χ3n) is 2.47. The molecule has 6 nitrogen and oxygen atoms in total. The number of ether oxygens (including phenoxy) is 1. The third-order valence-corrected chi connectivity index (χ3v) is 2.47. The monoisotopic (exact) mass is 253 g/mol. The lowest BCUT2D eigenvalue weighted by molar-refractivity contribution is -0.386. The van der Waals surface area contributed by atoms with Crippen LogP contribution in [0.15, 0.2) is 18.2 Å². The Morgan fingerprint density at radius 1 is 1.56 bits per heavy atom. The molecule has 0 spiro atoms. The second-order valence-electron chi connectivity index (χ2n) is 3.91. The van der Waals surface area contributed by atoms with E-state index in [1.165, 1.54) is 12.1 Å². The van der Waals surface area contributed by atoms with Gasteiger partial charge >= 0.3 is 11.7 Å². The zero-order valence-electron chi connectivity index (χ0n) is 10.3. The molecule has 0 radical (unpaired) electrons. The van der Waals surface area contributed by atoms with Crippen molar-refractivity contribution >= 4 is 11.7 Å². The molecule has 0 aliphatic carbocycles. The second-order valence-corrected chi connectivity index (χ2v) is 3.91. The summed E-state index contributed by atoms with van der Waals surface area (Å²) in [5, 5.41) is 19.9. The summed E-state index contributed by atoms with van der Waals surface area (Å²) in [5.41, 5.74) is 0.337. The lowest BCUT2D eigenvalue weighted by atomic mass is 10.1. The highest BCUT2D eigenvalue weighted by atomic mass is 16.6. The fraction of sp³-hybridized carbons (Fsp3) is 0.417. The first-order valence-electron chi connectivity index (χ1n) is 5.60. The van der Waals surface area contributed by atoms with E-state index in [9.17, 15) is 14.9 Å². The minimum absolute atomic E-state index is 0.0309. The maximum Gasteiger partial charge on any atom is 0.344 e. The van der Waals surface area contributed by atoms with Crippen molar-refractivity contribution in [3.05, 3.63) is 33.9 Å². The molecule has 0 bridgehead atoms. The molecule has 1 aromatic rings. The average Bonchev–Trinajstić information content (AvgIpc) is 2.30. The van der Waals surface area contributed by atoms with Gasteiger partial charge in [-0.2, -0.15) is 0 Å². The number of carboxylic acid groups (broad SMARTS) is 1. The highest BCUT2D eigenvalue weighted by Crippen LogP contribution is 2.31. The van der Waals surface area contributed by atoms with Crippen LogP contribution in [0, 0.1) is 17.0 Å². The molecule has 0 saturated heterocycles. The lowest BCUT2D eigenvalue weighted by Crippen LogP contribution is -2.27.